The average Bonchev–Trinajstić information content (AvgIpc) is 2.83. The maximum atomic E-state index is 12.5. The zero-order valence-electron chi connectivity index (χ0n) is 17.5. The molecule has 1 fully saturated rings. The molecular formula is C23H28N2O2S. The summed E-state index contributed by atoms with van der Waals surface area (Å²) in [5.41, 5.74) is 4.74. The number of benzene rings is 1. The molecule has 28 heavy (non-hydrogen) atoms. The van der Waals surface area contributed by atoms with Gasteiger partial charge in [0, 0.05) is 17.3 Å². The van der Waals surface area contributed by atoms with Crippen molar-refractivity contribution in [1.29, 1.82) is 0 Å². The van der Waals surface area contributed by atoms with Gasteiger partial charge in [0.25, 0.3) is 11.1 Å². The Kier molecular flexibility index (Phi) is 5.38. The Balaban J connectivity index is 2.05. The maximum Gasteiger partial charge on any atom is 0.294 e. The molecule has 1 unspecified atom stereocenters. The number of thioether (sulfide) groups is 1. The molecule has 1 aromatic carbocycles. The van der Waals surface area contributed by atoms with E-state index in [2.05, 4.69) is 64.5 Å². The van der Waals surface area contributed by atoms with E-state index in [1.165, 1.54) is 11.3 Å². The highest BCUT2D eigenvalue weighted by Crippen LogP contribution is 2.46. The van der Waals surface area contributed by atoms with Crippen molar-refractivity contribution in [3.8, 4) is 12.3 Å². The molecule has 0 aromatic heterocycles. The molecule has 0 radical (unpaired) electrons. The minimum absolute atomic E-state index is 0.0145. The van der Waals surface area contributed by atoms with Gasteiger partial charge in [0.05, 0.1) is 11.4 Å². The summed E-state index contributed by atoms with van der Waals surface area (Å²) in [5.74, 6) is 2.49. The first-order valence-electron chi connectivity index (χ1n) is 9.69. The summed E-state index contributed by atoms with van der Waals surface area (Å²) in [6, 6.07) is 4.81. The predicted octanol–water partition coefficient (Wildman–Crippen LogP) is 5.17. The molecule has 2 amide bonds. The Hall–Kier alpha value is -2.19. The van der Waals surface area contributed by atoms with Crippen LogP contribution in [0.5, 0.6) is 0 Å². The van der Waals surface area contributed by atoms with Gasteiger partial charge in [0.1, 0.15) is 0 Å². The Labute approximate surface area is 172 Å². The highest BCUT2D eigenvalue weighted by atomic mass is 32.2. The zero-order valence-corrected chi connectivity index (χ0v) is 18.3. The molecule has 1 atom stereocenters. The first-order chi connectivity index (χ1) is 13.1. The number of rotatable bonds is 3. The summed E-state index contributed by atoms with van der Waals surface area (Å²) in [6.07, 6.45) is 8.18. The van der Waals surface area contributed by atoms with Crippen molar-refractivity contribution in [2.24, 2.45) is 0 Å². The van der Waals surface area contributed by atoms with Crippen LogP contribution in [-0.4, -0.2) is 34.2 Å². The van der Waals surface area contributed by atoms with Crippen molar-refractivity contribution in [3.05, 3.63) is 33.7 Å². The molecule has 1 saturated heterocycles. The molecule has 3 rings (SSSR count). The number of hydrogen-bond acceptors (Lipinski definition) is 4. The molecule has 0 saturated carbocycles. The van der Waals surface area contributed by atoms with Gasteiger partial charge in [-0.15, -0.1) is 6.42 Å². The Morgan fingerprint density at radius 1 is 1.36 bits per heavy atom. The van der Waals surface area contributed by atoms with Gasteiger partial charge in [-0.25, -0.2) is 0 Å². The van der Waals surface area contributed by atoms with Crippen LogP contribution in [0.4, 0.5) is 10.5 Å². The van der Waals surface area contributed by atoms with E-state index in [4.69, 9.17) is 6.42 Å². The number of imide groups is 1. The van der Waals surface area contributed by atoms with Crippen molar-refractivity contribution < 1.29 is 9.59 Å². The van der Waals surface area contributed by atoms with Gasteiger partial charge in [0.2, 0.25) is 0 Å². The summed E-state index contributed by atoms with van der Waals surface area (Å²) < 4.78 is 0. The number of terminal acetylenes is 1. The van der Waals surface area contributed by atoms with Crippen molar-refractivity contribution in [2.45, 2.75) is 65.5 Å². The van der Waals surface area contributed by atoms with Crippen LogP contribution in [0.1, 0.15) is 63.6 Å². The summed E-state index contributed by atoms with van der Waals surface area (Å²) in [7, 11) is 0. The minimum Gasteiger partial charge on any atom is -0.364 e. The van der Waals surface area contributed by atoms with E-state index in [9.17, 15) is 9.59 Å². The Morgan fingerprint density at radius 3 is 2.64 bits per heavy atom. The lowest BCUT2D eigenvalue weighted by Crippen LogP contribution is -2.51. The van der Waals surface area contributed by atoms with E-state index >= 15 is 0 Å². The highest BCUT2D eigenvalue weighted by molar-refractivity contribution is 8.18. The lowest BCUT2D eigenvalue weighted by molar-refractivity contribution is -0.122. The standard InChI is InChI=1S/C23H28N2O2S/c1-8-9-24-21(26)20(28-22(24)27)12-17-11-18-16(5)13-23(6,7)25(14(2)3)19(18)10-15(17)4/h1,10-12,14,16H,9,13H2,2-7H3/b20-12-. The van der Waals surface area contributed by atoms with Crippen LogP contribution in [0.25, 0.3) is 6.08 Å². The molecule has 5 heteroatoms. The van der Waals surface area contributed by atoms with Crippen LogP contribution in [0.15, 0.2) is 17.0 Å². The van der Waals surface area contributed by atoms with Gasteiger partial charge in [0.15, 0.2) is 0 Å². The Morgan fingerprint density at radius 2 is 2.04 bits per heavy atom. The second-order valence-electron chi connectivity index (χ2n) is 8.62. The van der Waals surface area contributed by atoms with E-state index in [-0.39, 0.29) is 23.2 Å². The quantitative estimate of drug-likeness (QED) is 0.522. The molecule has 4 nitrogen and oxygen atoms in total. The molecule has 2 aliphatic rings. The van der Waals surface area contributed by atoms with Gasteiger partial charge < -0.3 is 4.90 Å². The number of amides is 2. The second kappa shape index (κ2) is 7.33. The van der Waals surface area contributed by atoms with Gasteiger partial charge >= 0.3 is 0 Å². The van der Waals surface area contributed by atoms with E-state index < -0.39 is 0 Å². The normalized spacial score (nSPS) is 22.8. The molecule has 0 aliphatic carbocycles. The maximum absolute atomic E-state index is 12.5. The van der Waals surface area contributed by atoms with Crippen molar-refractivity contribution in [3.63, 3.8) is 0 Å². The average molecular weight is 397 g/mol. The van der Waals surface area contributed by atoms with E-state index in [0.717, 1.165) is 34.2 Å². The lowest BCUT2D eigenvalue weighted by Gasteiger charge is -2.50. The van der Waals surface area contributed by atoms with Gasteiger partial charge in [-0.2, -0.15) is 0 Å². The van der Waals surface area contributed by atoms with Gasteiger partial charge in [-0.1, -0.05) is 12.8 Å². The van der Waals surface area contributed by atoms with E-state index in [1.807, 2.05) is 6.08 Å². The van der Waals surface area contributed by atoms with Crippen LogP contribution >= 0.6 is 11.8 Å². The molecular weight excluding hydrogens is 368 g/mol. The minimum atomic E-state index is -0.303. The lowest BCUT2D eigenvalue weighted by atomic mass is 9.78. The number of aryl methyl sites for hydroxylation is 1. The third-order valence-corrected chi connectivity index (χ3v) is 6.50. The number of anilines is 1. The van der Waals surface area contributed by atoms with Crippen LogP contribution in [0, 0.1) is 19.3 Å². The molecule has 0 N–H and O–H groups in total. The molecule has 148 valence electrons. The summed E-state index contributed by atoms with van der Waals surface area (Å²) in [4.78, 5) is 28.6. The summed E-state index contributed by atoms with van der Waals surface area (Å²) in [5, 5.41) is -0.300. The van der Waals surface area contributed by atoms with E-state index in [0.29, 0.717) is 16.9 Å². The first-order valence-corrected chi connectivity index (χ1v) is 10.5. The fourth-order valence-electron chi connectivity index (χ4n) is 4.62. The molecule has 2 heterocycles. The third-order valence-electron chi connectivity index (χ3n) is 5.59. The number of carbonyl (C=O) groups is 2. The fourth-order valence-corrected chi connectivity index (χ4v) is 5.44. The molecule has 1 aromatic rings. The molecule has 0 spiro atoms. The Bertz CT molecular complexity index is 908. The number of carbonyl (C=O) groups excluding carboxylic acids is 2. The second-order valence-corrected chi connectivity index (χ2v) is 9.61. The number of hydrogen-bond donors (Lipinski definition) is 0. The smallest absolute Gasteiger partial charge is 0.294 e. The monoisotopic (exact) mass is 396 g/mol. The SMILES string of the molecule is C#CCN1C(=O)S/C(=C\c2cc3c(cc2C)N(C(C)C)C(C)(C)CC3C)C1=O. The zero-order chi connectivity index (χ0) is 20.8. The van der Waals surface area contributed by atoms with Crippen molar-refractivity contribution >= 4 is 34.7 Å². The third kappa shape index (κ3) is 3.46. The predicted molar refractivity (Wildman–Crippen MR) is 117 cm³/mol. The van der Waals surface area contributed by atoms with Crippen LogP contribution in [-0.2, 0) is 4.79 Å². The summed E-state index contributed by atoms with van der Waals surface area (Å²) >= 11 is 0.961. The molecule has 2 aliphatic heterocycles. The van der Waals surface area contributed by atoms with Crippen molar-refractivity contribution in [2.75, 3.05) is 11.4 Å². The largest absolute Gasteiger partial charge is 0.364 e. The first kappa shape index (κ1) is 20.5. The van der Waals surface area contributed by atoms with Crippen LogP contribution in [0.2, 0.25) is 0 Å². The highest BCUT2D eigenvalue weighted by Gasteiger charge is 2.38. The molecule has 0 bridgehead atoms. The van der Waals surface area contributed by atoms with E-state index in [1.54, 1.807) is 0 Å². The topological polar surface area (TPSA) is 40.6 Å². The van der Waals surface area contributed by atoms with Crippen LogP contribution < -0.4 is 4.90 Å². The number of fused-ring (bicyclic) bond motifs is 1. The van der Waals surface area contributed by atoms with Crippen molar-refractivity contribution in [1.82, 2.24) is 4.90 Å². The number of nitrogens with zero attached hydrogens (tertiary/aromatic N) is 2. The van der Waals surface area contributed by atoms with Gasteiger partial charge in [-0.05, 0) is 93.6 Å². The van der Waals surface area contributed by atoms with Gasteiger partial charge in [-0.3, -0.25) is 14.5 Å². The fraction of sp³-hybridized carbons (Fsp3) is 0.478. The summed E-state index contributed by atoms with van der Waals surface area (Å²) in [6.45, 7) is 13.4. The van der Waals surface area contributed by atoms with Crippen LogP contribution in [0.3, 0.4) is 0 Å².